The van der Waals surface area contributed by atoms with E-state index in [0.29, 0.717) is 39.6 Å². The zero-order valence-electron chi connectivity index (χ0n) is 16.7. The molecule has 0 bridgehead atoms. The number of alkyl halides is 3. The van der Waals surface area contributed by atoms with Gasteiger partial charge < -0.3 is 11.5 Å². The van der Waals surface area contributed by atoms with Gasteiger partial charge in [0, 0.05) is 23.6 Å². The number of aryl methyl sites for hydroxylation is 1. The molecule has 1 aromatic carbocycles. The van der Waals surface area contributed by atoms with E-state index in [1.807, 2.05) is 0 Å². The number of hydrogen-bond donors (Lipinski definition) is 2. The topological polar surface area (TPSA) is 82.2 Å². The van der Waals surface area contributed by atoms with E-state index in [2.05, 4.69) is 16.7 Å². The van der Waals surface area contributed by atoms with Gasteiger partial charge in [-0.15, -0.1) is 0 Å². The Balaban J connectivity index is 2.17. The SMILES string of the molecule is C=C/C=C(\C=C/N)c1cc(N)n2nc(C)c(Cc3cccc(C(F)(F)F)c3C)c2n1. The molecule has 0 atom stereocenters. The maximum atomic E-state index is 13.3. The van der Waals surface area contributed by atoms with E-state index in [4.69, 9.17) is 11.5 Å². The molecule has 3 rings (SSSR count). The lowest BCUT2D eigenvalue weighted by atomic mass is 9.96. The maximum absolute atomic E-state index is 13.3. The fourth-order valence-electron chi connectivity index (χ4n) is 3.37. The van der Waals surface area contributed by atoms with Crippen molar-refractivity contribution < 1.29 is 13.2 Å². The first-order valence-electron chi connectivity index (χ1n) is 9.19. The lowest BCUT2D eigenvalue weighted by Gasteiger charge is -2.14. The standard InChI is InChI=1S/C22H22F3N5/c1-4-6-15(9-10-26)19-12-20(27)30-21(28-19)17(14(3)29-30)11-16-7-5-8-18(13(16)2)22(23,24)25/h4-10,12H,1,11,26-27H2,2-3H3/b10-9-,15-6+. The minimum Gasteiger partial charge on any atom is -0.405 e. The number of nitrogens with two attached hydrogens (primary N) is 2. The molecule has 0 saturated heterocycles. The first-order valence-corrected chi connectivity index (χ1v) is 9.19. The number of nitrogens with zero attached hydrogens (tertiary/aromatic N) is 3. The molecule has 5 nitrogen and oxygen atoms in total. The van der Waals surface area contributed by atoms with E-state index in [1.54, 1.807) is 37.3 Å². The highest BCUT2D eigenvalue weighted by Crippen LogP contribution is 2.34. The van der Waals surface area contributed by atoms with Crippen molar-refractivity contribution in [2.45, 2.75) is 26.4 Å². The van der Waals surface area contributed by atoms with Crippen molar-refractivity contribution in [1.29, 1.82) is 0 Å². The predicted molar refractivity (Wildman–Crippen MR) is 113 cm³/mol. The second-order valence-electron chi connectivity index (χ2n) is 6.85. The molecule has 30 heavy (non-hydrogen) atoms. The Labute approximate surface area is 172 Å². The van der Waals surface area contributed by atoms with Gasteiger partial charge in [-0.1, -0.05) is 30.9 Å². The first kappa shape index (κ1) is 21.2. The summed E-state index contributed by atoms with van der Waals surface area (Å²) < 4.78 is 41.4. The molecule has 2 heterocycles. The van der Waals surface area contributed by atoms with E-state index in [-0.39, 0.29) is 12.0 Å². The molecule has 0 saturated carbocycles. The highest BCUT2D eigenvalue weighted by atomic mass is 19.4. The summed E-state index contributed by atoms with van der Waals surface area (Å²) in [5, 5.41) is 4.43. The molecule has 0 aliphatic carbocycles. The number of benzene rings is 1. The molecule has 0 fully saturated rings. The van der Waals surface area contributed by atoms with Crippen LogP contribution in [0.4, 0.5) is 19.0 Å². The van der Waals surface area contributed by atoms with E-state index in [9.17, 15) is 13.2 Å². The third-order valence-electron chi connectivity index (χ3n) is 4.90. The zero-order chi connectivity index (χ0) is 22.1. The Morgan fingerprint density at radius 1 is 1.27 bits per heavy atom. The summed E-state index contributed by atoms with van der Waals surface area (Å²) in [6.45, 7) is 6.95. The van der Waals surface area contributed by atoms with Crippen molar-refractivity contribution in [1.82, 2.24) is 14.6 Å². The van der Waals surface area contributed by atoms with Gasteiger partial charge in [0.2, 0.25) is 0 Å². The Morgan fingerprint density at radius 2 is 2.00 bits per heavy atom. The number of rotatable bonds is 5. The number of halogens is 3. The smallest absolute Gasteiger partial charge is 0.405 e. The highest BCUT2D eigenvalue weighted by molar-refractivity contribution is 5.76. The number of hydrogen-bond acceptors (Lipinski definition) is 4. The predicted octanol–water partition coefficient (Wildman–Crippen LogP) is 4.58. The largest absolute Gasteiger partial charge is 0.416 e. The summed E-state index contributed by atoms with van der Waals surface area (Å²) in [4.78, 5) is 4.67. The molecule has 0 aliphatic heterocycles. The van der Waals surface area contributed by atoms with Gasteiger partial charge in [-0.25, -0.2) is 4.98 Å². The number of nitrogen functional groups attached to an aromatic ring is 1. The van der Waals surface area contributed by atoms with Crippen LogP contribution in [0, 0.1) is 13.8 Å². The summed E-state index contributed by atoms with van der Waals surface area (Å²) in [6.07, 6.45) is 2.22. The molecule has 0 spiro atoms. The van der Waals surface area contributed by atoms with Gasteiger partial charge in [-0.05, 0) is 43.3 Å². The summed E-state index contributed by atoms with van der Waals surface area (Å²) in [5.41, 5.74) is 14.9. The minimum atomic E-state index is -4.41. The van der Waals surface area contributed by atoms with Gasteiger partial charge in [0.15, 0.2) is 5.65 Å². The third kappa shape index (κ3) is 3.94. The first-order chi connectivity index (χ1) is 14.2. The molecular weight excluding hydrogens is 391 g/mol. The molecule has 0 unspecified atom stereocenters. The molecule has 2 aromatic heterocycles. The van der Waals surface area contributed by atoms with Crippen LogP contribution in [0.3, 0.4) is 0 Å². The quantitative estimate of drug-likeness (QED) is 0.600. The normalized spacial score (nSPS) is 12.8. The van der Waals surface area contributed by atoms with Gasteiger partial charge in [0.25, 0.3) is 0 Å². The minimum absolute atomic E-state index is 0.186. The lowest BCUT2D eigenvalue weighted by Crippen LogP contribution is -2.09. The van der Waals surface area contributed by atoms with Crippen LogP contribution in [0.2, 0.25) is 0 Å². The van der Waals surface area contributed by atoms with Gasteiger partial charge in [0.1, 0.15) is 5.82 Å². The van der Waals surface area contributed by atoms with Gasteiger partial charge in [-0.2, -0.15) is 22.8 Å². The summed E-state index contributed by atoms with van der Waals surface area (Å²) in [7, 11) is 0. The Kier molecular flexibility index (Phi) is 5.69. The van der Waals surface area contributed by atoms with Crippen LogP contribution in [-0.2, 0) is 12.6 Å². The van der Waals surface area contributed by atoms with Crippen molar-refractivity contribution in [3.05, 3.63) is 88.9 Å². The Morgan fingerprint density at radius 3 is 2.63 bits per heavy atom. The molecule has 0 aliphatic rings. The van der Waals surface area contributed by atoms with E-state index in [1.165, 1.54) is 23.7 Å². The van der Waals surface area contributed by atoms with Crippen LogP contribution < -0.4 is 11.5 Å². The van der Waals surface area contributed by atoms with Crippen molar-refractivity contribution >= 4 is 17.0 Å². The van der Waals surface area contributed by atoms with Crippen molar-refractivity contribution in [2.75, 3.05) is 5.73 Å². The average molecular weight is 413 g/mol. The van der Waals surface area contributed by atoms with E-state index in [0.717, 1.165) is 6.07 Å². The fraction of sp³-hybridized carbons (Fsp3) is 0.182. The number of allylic oxidation sites excluding steroid dienone is 4. The monoisotopic (exact) mass is 413 g/mol. The molecule has 0 amide bonds. The summed E-state index contributed by atoms with van der Waals surface area (Å²) >= 11 is 0. The molecule has 156 valence electrons. The Hall–Kier alpha value is -3.55. The lowest BCUT2D eigenvalue weighted by molar-refractivity contribution is -0.138. The fourth-order valence-corrected chi connectivity index (χ4v) is 3.37. The van der Waals surface area contributed by atoms with E-state index < -0.39 is 11.7 Å². The van der Waals surface area contributed by atoms with Gasteiger partial charge in [0.05, 0.1) is 17.0 Å². The maximum Gasteiger partial charge on any atom is 0.416 e. The molecule has 4 N–H and O–H groups in total. The second-order valence-corrected chi connectivity index (χ2v) is 6.85. The van der Waals surface area contributed by atoms with Crippen LogP contribution in [-0.4, -0.2) is 14.6 Å². The Bertz CT molecular complexity index is 1170. The zero-order valence-corrected chi connectivity index (χ0v) is 16.7. The molecule has 3 aromatic rings. The second kappa shape index (κ2) is 8.06. The van der Waals surface area contributed by atoms with Crippen molar-refractivity contribution in [2.24, 2.45) is 5.73 Å². The number of fused-ring (bicyclic) bond motifs is 1. The molecule has 0 radical (unpaired) electrons. The highest BCUT2D eigenvalue weighted by Gasteiger charge is 2.33. The van der Waals surface area contributed by atoms with Crippen LogP contribution in [0.5, 0.6) is 0 Å². The van der Waals surface area contributed by atoms with Crippen LogP contribution >= 0.6 is 0 Å². The van der Waals surface area contributed by atoms with Crippen LogP contribution in [0.25, 0.3) is 11.2 Å². The van der Waals surface area contributed by atoms with Crippen molar-refractivity contribution in [3.63, 3.8) is 0 Å². The summed E-state index contributed by atoms with van der Waals surface area (Å²) in [6, 6.07) is 5.84. The third-order valence-corrected chi connectivity index (χ3v) is 4.90. The molecule has 8 heteroatoms. The van der Waals surface area contributed by atoms with Crippen molar-refractivity contribution in [3.8, 4) is 0 Å². The number of anilines is 1. The van der Waals surface area contributed by atoms with E-state index >= 15 is 0 Å². The number of aromatic nitrogens is 3. The van der Waals surface area contributed by atoms with Gasteiger partial charge >= 0.3 is 6.18 Å². The molecular formula is C22H22F3N5. The van der Waals surface area contributed by atoms with Crippen LogP contribution in [0.15, 0.2) is 55.3 Å². The van der Waals surface area contributed by atoms with Crippen LogP contribution in [0.1, 0.15) is 33.6 Å². The average Bonchev–Trinajstić information content (AvgIpc) is 2.98. The van der Waals surface area contributed by atoms with Gasteiger partial charge in [-0.3, -0.25) is 0 Å². The summed E-state index contributed by atoms with van der Waals surface area (Å²) in [5.74, 6) is 0.352.